The summed E-state index contributed by atoms with van der Waals surface area (Å²) in [7, 11) is 0. The number of carbonyl (C=O) groups excluding carboxylic acids is 1. The molecule has 2 rings (SSSR count). The molecule has 0 saturated heterocycles. The lowest BCUT2D eigenvalue weighted by Crippen LogP contribution is -2.36. The number of benzene rings is 1. The van der Waals surface area contributed by atoms with Crippen molar-refractivity contribution in [2.75, 3.05) is 25.4 Å². The number of aromatic nitrogens is 1. The van der Waals surface area contributed by atoms with E-state index in [1.165, 1.54) is 0 Å². The van der Waals surface area contributed by atoms with Crippen molar-refractivity contribution >= 4 is 22.7 Å². The van der Waals surface area contributed by atoms with Crippen LogP contribution in [0.15, 0.2) is 22.6 Å². The van der Waals surface area contributed by atoms with Crippen LogP contribution in [-0.4, -0.2) is 35.4 Å². The topological polar surface area (TPSA) is 84.4 Å². The number of nitrogens with two attached hydrogens (primary N) is 1. The Labute approximate surface area is 117 Å². The second-order valence-electron chi connectivity index (χ2n) is 4.59. The number of nitrogen functional groups attached to an aromatic ring is 1. The van der Waals surface area contributed by atoms with E-state index in [2.05, 4.69) is 10.3 Å². The second-order valence-corrected chi connectivity index (χ2v) is 4.59. The zero-order valence-electron chi connectivity index (χ0n) is 11.8. The van der Waals surface area contributed by atoms with Gasteiger partial charge in [0.2, 0.25) is 11.8 Å². The van der Waals surface area contributed by atoms with Gasteiger partial charge in [0.25, 0.3) is 0 Å². The Balaban J connectivity index is 2.07. The summed E-state index contributed by atoms with van der Waals surface area (Å²) in [4.78, 5) is 18.0. The predicted octanol–water partition coefficient (Wildman–Crippen LogP) is 1.37. The van der Waals surface area contributed by atoms with E-state index in [-0.39, 0.29) is 5.91 Å². The highest BCUT2D eigenvalue weighted by atomic mass is 16.3. The number of carbonyl (C=O) groups is 1. The lowest BCUT2D eigenvalue weighted by molar-refractivity contribution is -0.122. The first-order chi connectivity index (χ1) is 9.62. The molecule has 1 aromatic heterocycles. The summed E-state index contributed by atoms with van der Waals surface area (Å²) in [6, 6.07) is 5.38. The Bertz CT molecular complexity index is 594. The van der Waals surface area contributed by atoms with Gasteiger partial charge in [0.05, 0.1) is 13.1 Å². The van der Waals surface area contributed by atoms with Gasteiger partial charge in [-0.2, -0.15) is 0 Å². The van der Waals surface area contributed by atoms with Crippen LogP contribution in [-0.2, 0) is 11.3 Å². The van der Waals surface area contributed by atoms with E-state index >= 15 is 0 Å². The molecule has 0 fully saturated rings. The third-order valence-electron chi connectivity index (χ3n) is 3.00. The van der Waals surface area contributed by atoms with Gasteiger partial charge in [0, 0.05) is 18.3 Å². The molecule has 0 saturated carbocycles. The van der Waals surface area contributed by atoms with E-state index in [9.17, 15) is 4.79 Å². The fourth-order valence-electron chi connectivity index (χ4n) is 1.98. The van der Waals surface area contributed by atoms with Crippen LogP contribution in [0.2, 0.25) is 0 Å². The van der Waals surface area contributed by atoms with Gasteiger partial charge in [-0.1, -0.05) is 6.92 Å². The molecule has 0 unspecified atom stereocenters. The van der Waals surface area contributed by atoms with Crippen molar-refractivity contribution in [2.45, 2.75) is 20.4 Å². The first-order valence-electron chi connectivity index (χ1n) is 6.76. The van der Waals surface area contributed by atoms with Gasteiger partial charge in [-0.05, 0) is 25.6 Å². The molecule has 0 spiro atoms. The molecular formula is C14H20N4O2. The molecule has 2 aromatic rings. The summed E-state index contributed by atoms with van der Waals surface area (Å²) in [6.07, 6.45) is 0. The number of hydrogen-bond donors (Lipinski definition) is 2. The number of nitrogens with one attached hydrogen (secondary N) is 1. The molecule has 3 N–H and O–H groups in total. The van der Waals surface area contributed by atoms with Crippen LogP contribution >= 0.6 is 0 Å². The Morgan fingerprint density at radius 2 is 2.25 bits per heavy atom. The molecule has 0 aliphatic carbocycles. The lowest BCUT2D eigenvalue weighted by atomic mass is 10.3. The highest BCUT2D eigenvalue weighted by molar-refractivity contribution is 5.78. The Morgan fingerprint density at radius 3 is 2.95 bits per heavy atom. The van der Waals surface area contributed by atoms with Crippen LogP contribution in [0.3, 0.4) is 0 Å². The second kappa shape index (κ2) is 6.38. The molecule has 20 heavy (non-hydrogen) atoms. The SMILES string of the molecule is CCNC(=O)CN(CC)Cc1nc2ccc(N)cc2o1. The van der Waals surface area contributed by atoms with Crippen LogP contribution < -0.4 is 11.1 Å². The Kier molecular flexibility index (Phi) is 4.57. The number of oxazole rings is 1. The van der Waals surface area contributed by atoms with Crippen LogP contribution in [0.5, 0.6) is 0 Å². The van der Waals surface area contributed by atoms with E-state index < -0.39 is 0 Å². The Morgan fingerprint density at radius 1 is 1.45 bits per heavy atom. The molecule has 0 radical (unpaired) electrons. The van der Waals surface area contributed by atoms with E-state index in [1.807, 2.05) is 24.8 Å². The van der Waals surface area contributed by atoms with Gasteiger partial charge in [0.15, 0.2) is 5.58 Å². The summed E-state index contributed by atoms with van der Waals surface area (Å²) in [6.45, 7) is 6.13. The molecule has 0 aliphatic heterocycles. The molecular weight excluding hydrogens is 256 g/mol. The first-order valence-corrected chi connectivity index (χ1v) is 6.76. The fourth-order valence-corrected chi connectivity index (χ4v) is 1.98. The minimum absolute atomic E-state index is 0.00899. The van der Waals surface area contributed by atoms with Crippen LogP contribution in [0.25, 0.3) is 11.1 Å². The van der Waals surface area contributed by atoms with Gasteiger partial charge in [0.1, 0.15) is 5.52 Å². The number of amides is 1. The number of anilines is 1. The minimum Gasteiger partial charge on any atom is -0.439 e. The average molecular weight is 276 g/mol. The van der Waals surface area contributed by atoms with E-state index in [0.29, 0.717) is 36.8 Å². The monoisotopic (exact) mass is 276 g/mol. The maximum Gasteiger partial charge on any atom is 0.234 e. The number of rotatable bonds is 6. The van der Waals surface area contributed by atoms with Crippen molar-refractivity contribution < 1.29 is 9.21 Å². The smallest absolute Gasteiger partial charge is 0.234 e. The van der Waals surface area contributed by atoms with Gasteiger partial charge < -0.3 is 15.5 Å². The van der Waals surface area contributed by atoms with Crippen LogP contribution in [0.1, 0.15) is 19.7 Å². The zero-order valence-corrected chi connectivity index (χ0v) is 11.8. The highest BCUT2D eigenvalue weighted by Gasteiger charge is 2.13. The molecule has 0 atom stereocenters. The summed E-state index contributed by atoms with van der Waals surface area (Å²) in [5.41, 5.74) is 7.81. The third kappa shape index (κ3) is 3.48. The molecule has 1 amide bonds. The molecule has 6 nitrogen and oxygen atoms in total. The van der Waals surface area contributed by atoms with Crippen molar-refractivity contribution in [1.82, 2.24) is 15.2 Å². The summed E-state index contributed by atoms with van der Waals surface area (Å²) >= 11 is 0. The third-order valence-corrected chi connectivity index (χ3v) is 3.00. The minimum atomic E-state index is 0.00899. The molecule has 1 aromatic carbocycles. The van der Waals surface area contributed by atoms with Gasteiger partial charge in [-0.15, -0.1) is 0 Å². The molecule has 0 aliphatic rings. The van der Waals surface area contributed by atoms with Crippen LogP contribution in [0.4, 0.5) is 5.69 Å². The van der Waals surface area contributed by atoms with E-state index in [0.717, 1.165) is 12.1 Å². The van der Waals surface area contributed by atoms with Crippen LogP contribution in [0, 0.1) is 0 Å². The first kappa shape index (κ1) is 14.3. The maximum absolute atomic E-state index is 11.6. The van der Waals surface area contributed by atoms with Gasteiger partial charge in [-0.25, -0.2) is 4.98 Å². The maximum atomic E-state index is 11.6. The number of nitrogens with zero attached hydrogens (tertiary/aromatic N) is 2. The van der Waals surface area contributed by atoms with Crippen molar-refractivity contribution in [3.8, 4) is 0 Å². The van der Waals surface area contributed by atoms with Crippen molar-refractivity contribution in [3.63, 3.8) is 0 Å². The number of likely N-dealkylation sites (N-methyl/N-ethyl adjacent to an activating group) is 2. The Hall–Kier alpha value is -2.08. The van der Waals surface area contributed by atoms with Crippen molar-refractivity contribution in [1.29, 1.82) is 0 Å². The van der Waals surface area contributed by atoms with Crippen molar-refractivity contribution in [2.24, 2.45) is 0 Å². The van der Waals surface area contributed by atoms with E-state index in [1.54, 1.807) is 12.1 Å². The fraction of sp³-hybridized carbons (Fsp3) is 0.429. The average Bonchev–Trinajstić information content (AvgIpc) is 2.79. The molecule has 6 heteroatoms. The largest absolute Gasteiger partial charge is 0.439 e. The highest BCUT2D eigenvalue weighted by Crippen LogP contribution is 2.19. The molecule has 0 bridgehead atoms. The van der Waals surface area contributed by atoms with Crippen molar-refractivity contribution in [3.05, 3.63) is 24.1 Å². The summed E-state index contributed by atoms with van der Waals surface area (Å²) in [5, 5.41) is 2.78. The van der Waals surface area contributed by atoms with Gasteiger partial charge >= 0.3 is 0 Å². The number of fused-ring (bicyclic) bond motifs is 1. The summed E-state index contributed by atoms with van der Waals surface area (Å²) in [5.74, 6) is 0.603. The zero-order chi connectivity index (χ0) is 14.5. The predicted molar refractivity (Wildman–Crippen MR) is 78.1 cm³/mol. The van der Waals surface area contributed by atoms with E-state index in [4.69, 9.17) is 10.2 Å². The quantitative estimate of drug-likeness (QED) is 0.778. The molecule has 108 valence electrons. The molecule has 1 heterocycles. The normalized spacial score (nSPS) is 11.2. The number of hydrogen-bond acceptors (Lipinski definition) is 5. The lowest BCUT2D eigenvalue weighted by Gasteiger charge is -2.17. The summed E-state index contributed by atoms with van der Waals surface area (Å²) < 4.78 is 5.66. The standard InChI is InChI=1S/C14H20N4O2/c1-3-16-13(19)8-18(4-2)9-14-17-11-6-5-10(15)7-12(11)20-14/h5-7H,3-4,8-9,15H2,1-2H3,(H,16,19). The van der Waals surface area contributed by atoms with Gasteiger partial charge in [-0.3, -0.25) is 9.69 Å².